The smallest absolute Gasteiger partial charge is 0.325 e. The maximum Gasteiger partial charge on any atom is 0.325 e. The van der Waals surface area contributed by atoms with E-state index in [9.17, 15) is 9.59 Å². The van der Waals surface area contributed by atoms with Gasteiger partial charge in [0, 0.05) is 13.1 Å². The van der Waals surface area contributed by atoms with Crippen molar-refractivity contribution in [2.24, 2.45) is 0 Å². The van der Waals surface area contributed by atoms with Crippen molar-refractivity contribution in [1.82, 2.24) is 15.1 Å². The second-order valence-electron chi connectivity index (χ2n) is 6.68. The monoisotopic (exact) mass is 333 g/mol. The Morgan fingerprint density at radius 1 is 1.12 bits per heavy atom. The van der Waals surface area contributed by atoms with Crippen LogP contribution in [0.5, 0.6) is 5.75 Å². The highest BCUT2D eigenvalue weighted by Gasteiger charge is 2.43. The lowest BCUT2D eigenvalue weighted by Gasteiger charge is -2.19. The fourth-order valence-corrected chi connectivity index (χ4v) is 2.67. The van der Waals surface area contributed by atoms with Gasteiger partial charge in [0.1, 0.15) is 11.3 Å². The summed E-state index contributed by atoms with van der Waals surface area (Å²) in [5, 5.41) is 2.70. The number of benzene rings is 1. The number of para-hydroxylation sites is 1. The van der Waals surface area contributed by atoms with Crippen LogP contribution in [0.2, 0.25) is 0 Å². The number of hydrogen-bond acceptors (Lipinski definition) is 4. The van der Waals surface area contributed by atoms with Gasteiger partial charge in [-0.3, -0.25) is 9.69 Å². The van der Waals surface area contributed by atoms with Crippen molar-refractivity contribution < 1.29 is 14.3 Å². The molecule has 1 saturated heterocycles. The lowest BCUT2D eigenvalue weighted by molar-refractivity contribution is -0.130. The Balaban J connectivity index is 1.59. The van der Waals surface area contributed by atoms with Crippen LogP contribution in [0.25, 0.3) is 0 Å². The van der Waals surface area contributed by atoms with Gasteiger partial charge in [0.2, 0.25) is 0 Å². The van der Waals surface area contributed by atoms with Crippen molar-refractivity contribution in [3.05, 3.63) is 30.3 Å². The Morgan fingerprint density at radius 2 is 1.79 bits per heavy atom. The number of hydrogen-bond donors (Lipinski definition) is 1. The van der Waals surface area contributed by atoms with Crippen molar-refractivity contribution in [2.45, 2.75) is 32.2 Å². The SMILES string of the molecule is CN(CCCOc1ccccc1)CCCN1C(=O)NC(C)(C)C1=O. The van der Waals surface area contributed by atoms with Gasteiger partial charge in [0.25, 0.3) is 5.91 Å². The zero-order valence-electron chi connectivity index (χ0n) is 14.7. The fraction of sp³-hybridized carbons (Fsp3) is 0.556. The van der Waals surface area contributed by atoms with Crippen LogP contribution in [0, 0.1) is 0 Å². The van der Waals surface area contributed by atoms with E-state index in [0.29, 0.717) is 13.2 Å². The first kappa shape index (κ1) is 18.3. The Morgan fingerprint density at radius 3 is 2.42 bits per heavy atom. The molecule has 0 unspecified atom stereocenters. The number of carbonyl (C=O) groups excluding carboxylic acids is 2. The number of imide groups is 1. The van der Waals surface area contributed by atoms with Crippen molar-refractivity contribution in [3.8, 4) is 5.75 Å². The van der Waals surface area contributed by atoms with Gasteiger partial charge < -0.3 is 15.0 Å². The van der Waals surface area contributed by atoms with E-state index in [0.717, 1.165) is 31.7 Å². The highest BCUT2D eigenvalue weighted by atomic mass is 16.5. The van der Waals surface area contributed by atoms with Crippen molar-refractivity contribution in [2.75, 3.05) is 33.3 Å². The molecule has 0 bridgehead atoms. The number of ether oxygens (including phenoxy) is 1. The average Bonchev–Trinajstić information content (AvgIpc) is 2.74. The molecule has 132 valence electrons. The third kappa shape index (κ3) is 4.96. The van der Waals surface area contributed by atoms with Gasteiger partial charge in [-0.05, 0) is 52.4 Å². The fourth-order valence-electron chi connectivity index (χ4n) is 2.67. The molecule has 1 aliphatic heterocycles. The third-order valence-electron chi connectivity index (χ3n) is 4.06. The standard InChI is InChI=1S/C18H27N3O3/c1-18(2)16(22)21(17(23)19-18)13-7-11-20(3)12-8-14-24-15-9-5-4-6-10-15/h4-6,9-10H,7-8,11-14H2,1-3H3,(H,19,23). The topological polar surface area (TPSA) is 61.9 Å². The summed E-state index contributed by atoms with van der Waals surface area (Å²) in [6.07, 6.45) is 1.70. The summed E-state index contributed by atoms with van der Waals surface area (Å²) in [4.78, 5) is 27.4. The van der Waals surface area contributed by atoms with E-state index in [1.807, 2.05) is 37.4 Å². The molecule has 0 aliphatic carbocycles. The number of carbonyl (C=O) groups is 2. The van der Waals surface area contributed by atoms with Crippen molar-refractivity contribution >= 4 is 11.9 Å². The van der Waals surface area contributed by atoms with Gasteiger partial charge in [-0.2, -0.15) is 0 Å². The van der Waals surface area contributed by atoms with E-state index in [1.165, 1.54) is 4.90 Å². The van der Waals surface area contributed by atoms with Gasteiger partial charge in [-0.1, -0.05) is 18.2 Å². The zero-order chi connectivity index (χ0) is 17.6. The molecule has 0 saturated carbocycles. The highest BCUT2D eigenvalue weighted by Crippen LogP contribution is 2.16. The molecule has 24 heavy (non-hydrogen) atoms. The predicted octanol–water partition coefficient (Wildman–Crippen LogP) is 2.11. The van der Waals surface area contributed by atoms with Crippen LogP contribution in [0.3, 0.4) is 0 Å². The van der Waals surface area contributed by atoms with Gasteiger partial charge in [0.15, 0.2) is 0 Å². The van der Waals surface area contributed by atoms with Gasteiger partial charge in [-0.25, -0.2) is 4.79 Å². The Bertz CT molecular complexity index is 560. The van der Waals surface area contributed by atoms with Crippen LogP contribution in [0.15, 0.2) is 30.3 Å². The van der Waals surface area contributed by atoms with E-state index < -0.39 is 5.54 Å². The van der Waals surface area contributed by atoms with Crippen LogP contribution >= 0.6 is 0 Å². The number of nitrogens with one attached hydrogen (secondary N) is 1. The van der Waals surface area contributed by atoms with E-state index >= 15 is 0 Å². The molecular formula is C18H27N3O3. The molecule has 1 aromatic rings. The lowest BCUT2D eigenvalue weighted by atomic mass is 10.1. The molecule has 1 aromatic carbocycles. The molecular weight excluding hydrogens is 306 g/mol. The molecule has 1 N–H and O–H groups in total. The first-order chi connectivity index (χ1) is 11.4. The van der Waals surface area contributed by atoms with Crippen LogP contribution in [0.4, 0.5) is 4.79 Å². The number of urea groups is 1. The maximum absolute atomic E-state index is 12.1. The van der Waals surface area contributed by atoms with Crippen LogP contribution < -0.4 is 10.1 Å². The summed E-state index contributed by atoms with van der Waals surface area (Å²) >= 11 is 0. The summed E-state index contributed by atoms with van der Waals surface area (Å²) in [7, 11) is 2.04. The first-order valence-electron chi connectivity index (χ1n) is 8.40. The molecule has 6 heteroatoms. The lowest BCUT2D eigenvalue weighted by Crippen LogP contribution is -2.40. The van der Waals surface area contributed by atoms with Crippen LogP contribution in [0.1, 0.15) is 26.7 Å². The van der Waals surface area contributed by atoms with Gasteiger partial charge in [-0.15, -0.1) is 0 Å². The van der Waals surface area contributed by atoms with Crippen LogP contribution in [-0.2, 0) is 4.79 Å². The molecule has 0 aromatic heterocycles. The van der Waals surface area contributed by atoms with Gasteiger partial charge >= 0.3 is 6.03 Å². The van der Waals surface area contributed by atoms with Gasteiger partial charge in [0.05, 0.1) is 6.61 Å². The van der Waals surface area contributed by atoms with Crippen LogP contribution in [-0.4, -0.2) is 60.6 Å². The summed E-state index contributed by atoms with van der Waals surface area (Å²) in [6.45, 7) is 6.34. The highest BCUT2D eigenvalue weighted by molar-refractivity contribution is 6.06. The average molecular weight is 333 g/mol. The second kappa shape index (κ2) is 8.15. The molecule has 0 spiro atoms. The minimum Gasteiger partial charge on any atom is -0.494 e. The molecule has 3 amide bonds. The van der Waals surface area contributed by atoms with E-state index in [1.54, 1.807) is 13.8 Å². The number of nitrogens with zero attached hydrogens (tertiary/aromatic N) is 2. The largest absolute Gasteiger partial charge is 0.494 e. The van der Waals surface area contributed by atoms with E-state index in [2.05, 4.69) is 10.2 Å². The Kier molecular flexibility index (Phi) is 6.20. The third-order valence-corrected chi connectivity index (χ3v) is 4.06. The van der Waals surface area contributed by atoms with Crippen molar-refractivity contribution in [1.29, 1.82) is 0 Å². The number of amides is 3. The van der Waals surface area contributed by atoms with E-state index in [4.69, 9.17) is 4.74 Å². The normalized spacial score (nSPS) is 16.6. The minimum atomic E-state index is -0.780. The molecule has 0 radical (unpaired) electrons. The molecule has 0 atom stereocenters. The van der Waals surface area contributed by atoms with E-state index in [-0.39, 0.29) is 11.9 Å². The summed E-state index contributed by atoms with van der Waals surface area (Å²) < 4.78 is 5.66. The zero-order valence-corrected chi connectivity index (χ0v) is 14.7. The molecule has 2 rings (SSSR count). The Hall–Kier alpha value is -2.08. The summed E-state index contributed by atoms with van der Waals surface area (Å²) in [5.74, 6) is 0.743. The summed E-state index contributed by atoms with van der Waals surface area (Å²) in [6, 6.07) is 9.49. The maximum atomic E-state index is 12.1. The number of rotatable bonds is 9. The molecule has 1 aliphatic rings. The summed E-state index contributed by atoms with van der Waals surface area (Å²) in [5.41, 5.74) is -0.780. The molecule has 1 fully saturated rings. The first-order valence-corrected chi connectivity index (χ1v) is 8.40. The minimum absolute atomic E-state index is 0.147. The Labute approximate surface area is 143 Å². The quantitative estimate of drug-likeness (QED) is 0.555. The predicted molar refractivity (Wildman–Crippen MR) is 93.0 cm³/mol. The molecule has 1 heterocycles. The second-order valence-corrected chi connectivity index (χ2v) is 6.68. The molecule has 6 nitrogen and oxygen atoms in total. The van der Waals surface area contributed by atoms with Crippen molar-refractivity contribution in [3.63, 3.8) is 0 Å².